The quantitative estimate of drug-likeness (QED) is 0.573. The highest BCUT2D eigenvalue weighted by molar-refractivity contribution is 8.00. The van der Waals surface area contributed by atoms with E-state index in [1.807, 2.05) is 0 Å². The van der Waals surface area contributed by atoms with E-state index in [4.69, 9.17) is 0 Å². The number of rotatable bonds is 0. The first-order chi connectivity index (χ1) is 4.91. The molecule has 2 rings (SSSR count). The van der Waals surface area contributed by atoms with Crippen LogP contribution < -0.4 is 5.32 Å². The van der Waals surface area contributed by atoms with Gasteiger partial charge in [-0.1, -0.05) is 0 Å². The van der Waals surface area contributed by atoms with Gasteiger partial charge >= 0.3 is 0 Å². The molecule has 2 heteroatoms. The molecular formula is C8H15NS. The molecule has 1 aliphatic carbocycles. The highest BCUT2D eigenvalue weighted by atomic mass is 32.2. The van der Waals surface area contributed by atoms with Gasteiger partial charge in [-0.25, -0.2) is 0 Å². The van der Waals surface area contributed by atoms with Crippen LogP contribution in [0, 0.1) is 0 Å². The second-order valence-electron chi connectivity index (χ2n) is 3.39. The summed E-state index contributed by atoms with van der Waals surface area (Å²) in [4.78, 5) is 0. The largest absolute Gasteiger partial charge is 0.316 e. The van der Waals surface area contributed by atoms with Crippen molar-refractivity contribution in [3.8, 4) is 0 Å². The first-order valence-corrected chi connectivity index (χ1v) is 5.25. The number of hydrogen-bond donors (Lipinski definition) is 1. The summed E-state index contributed by atoms with van der Waals surface area (Å²) in [6, 6.07) is 0. The van der Waals surface area contributed by atoms with Gasteiger partial charge in [-0.2, -0.15) is 11.8 Å². The maximum absolute atomic E-state index is 3.43. The van der Waals surface area contributed by atoms with Gasteiger partial charge in [-0.05, 0) is 32.2 Å². The van der Waals surface area contributed by atoms with Gasteiger partial charge in [0, 0.05) is 17.0 Å². The molecule has 0 bridgehead atoms. The van der Waals surface area contributed by atoms with Crippen molar-refractivity contribution in [2.75, 3.05) is 18.8 Å². The highest BCUT2D eigenvalue weighted by Crippen LogP contribution is 2.51. The topological polar surface area (TPSA) is 12.0 Å². The molecule has 2 fully saturated rings. The standard InChI is InChI=1S/C8H15NS/c1-2-8(3-4-8)10-7-6-9-5-1/h9H,1-7H2. The molecule has 1 saturated carbocycles. The lowest BCUT2D eigenvalue weighted by Gasteiger charge is -2.18. The molecule has 1 saturated heterocycles. The third-order valence-electron chi connectivity index (χ3n) is 2.48. The van der Waals surface area contributed by atoms with Gasteiger partial charge < -0.3 is 5.32 Å². The number of nitrogens with one attached hydrogen (secondary N) is 1. The smallest absolute Gasteiger partial charge is 0.0162 e. The minimum Gasteiger partial charge on any atom is -0.316 e. The van der Waals surface area contributed by atoms with E-state index in [-0.39, 0.29) is 0 Å². The van der Waals surface area contributed by atoms with Crippen LogP contribution in [0.2, 0.25) is 0 Å². The summed E-state index contributed by atoms with van der Waals surface area (Å²) in [6.45, 7) is 2.48. The van der Waals surface area contributed by atoms with E-state index >= 15 is 0 Å². The molecule has 0 atom stereocenters. The molecule has 0 aromatic heterocycles. The maximum Gasteiger partial charge on any atom is 0.0162 e. The minimum atomic E-state index is 0.780. The first-order valence-electron chi connectivity index (χ1n) is 4.26. The van der Waals surface area contributed by atoms with Gasteiger partial charge in [0.05, 0.1) is 0 Å². The Kier molecular flexibility index (Phi) is 1.92. The Labute approximate surface area is 67.0 Å². The van der Waals surface area contributed by atoms with Crippen LogP contribution in [0.1, 0.15) is 25.7 Å². The lowest BCUT2D eigenvalue weighted by molar-refractivity contribution is 0.613. The number of hydrogen-bond acceptors (Lipinski definition) is 2. The predicted molar refractivity (Wildman–Crippen MR) is 46.5 cm³/mol. The molecule has 0 unspecified atom stereocenters. The summed E-state index contributed by atoms with van der Waals surface area (Å²) in [5, 5.41) is 3.43. The molecule has 58 valence electrons. The third kappa shape index (κ3) is 1.48. The van der Waals surface area contributed by atoms with E-state index in [0.29, 0.717) is 0 Å². The fraction of sp³-hybridized carbons (Fsp3) is 1.00. The summed E-state index contributed by atoms with van der Waals surface area (Å²) in [5.74, 6) is 1.33. The molecule has 1 nitrogen and oxygen atoms in total. The molecule has 0 radical (unpaired) electrons. The summed E-state index contributed by atoms with van der Waals surface area (Å²) in [6.07, 6.45) is 5.85. The fourth-order valence-electron chi connectivity index (χ4n) is 1.61. The molecule has 1 spiro atoms. The Morgan fingerprint density at radius 1 is 1.10 bits per heavy atom. The average molecular weight is 157 g/mol. The maximum atomic E-state index is 3.43. The van der Waals surface area contributed by atoms with Crippen LogP contribution in [0.5, 0.6) is 0 Å². The van der Waals surface area contributed by atoms with E-state index in [9.17, 15) is 0 Å². The normalized spacial score (nSPS) is 31.2. The second kappa shape index (κ2) is 2.74. The zero-order valence-electron chi connectivity index (χ0n) is 6.36. The molecule has 0 amide bonds. The van der Waals surface area contributed by atoms with Gasteiger partial charge in [0.2, 0.25) is 0 Å². The zero-order chi connectivity index (χ0) is 6.86. The summed E-state index contributed by atoms with van der Waals surface area (Å²) >= 11 is 2.20. The van der Waals surface area contributed by atoms with Crippen molar-refractivity contribution >= 4 is 11.8 Å². The van der Waals surface area contributed by atoms with E-state index < -0.39 is 0 Å². The van der Waals surface area contributed by atoms with Crippen molar-refractivity contribution in [1.82, 2.24) is 5.32 Å². The van der Waals surface area contributed by atoms with Crippen molar-refractivity contribution in [3.63, 3.8) is 0 Å². The Bertz CT molecular complexity index is 110. The minimum absolute atomic E-state index is 0.780. The summed E-state index contributed by atoms with van der Waals surface area (Å²) < 4.78 is 0.780. The highest BCUT2D eigenvalue weighted by Gasteiger charge is 2.42. The Balaban J connectivity index is 1.84. The second-order valence-corrected chi connectivity index (χ2v) is 4.95. The van der Waals surface area contributed by atoms with Crippen LogP contribution in [-0.4, -0.2) is 23.6 Å². The van der Waals surface area contributed by atoms with Crippen LogP contribution >= 0.6 is 11.8 Å². The molecule has 1 aliphatic heterocycles. The van der Waals surface area contributed by atoms with Gasteiger partial charge in [-0.15, -0.1) is 0 Å². The van der Waals surface area contributed by atoms with E-state index in [1.54, 1.807) is 0 Å². The van der Waals surface area contributed by atoms with E-state index in [1.165, 1.54) is 44.5 Å². The Morgan fingerprint density at radius 3 is 2.80 bits per heavy atom. The molecule has 1 N–H and O–H groups in total. The van der Waals surface area contributed by atoms with Crippen molar-refractivity contribution in [1.29, 1.82) is 0 Å². The number of thioether (sulfide) groups is 1. The van der Waals surface area contributed by atoms with E-state index in [2.05, 4.69) is 17.1 Å². The average Bonchev–Trinajstić information content (AvgIpc) is 2.61. The van der Waals surface area contributed by atoms with Crippen molar-refractivity contribution in [3.05, 3.63) is 0 Å². The van der Waals surface area contributed by atoms with Gasteiger partial charge in [0.25, 0.3) is 0 Å². The lowest BCUT2D eigenvalue weighted by Crippen LogP contribution is -2.24. The van der Waals surface area contributed by atoms with E-state index in [0.717, 1.165) is 4.75 Å². The lowest BCUT2D eigenvalue weighted by atomic mass is 10.2. The van der Waals surface area contributed by atoms with Crippen LogP contribution in [0.15, 0.2) is 0 Å². The van der Waals surface area contributed by atoms with Crippen molar-refractivity contribution in [2.45, 2.75) is 30.4 Å². The third-order valence-corrected chi connectivity index (χ3v) is 4.11. The summed E-state index contributed by atoms with van der Waals surface area (Å²) in [5.41, 5.74) is 0. The summed E-state index contributed by atoms with van der Waals surface area (Å²) in [7, 11) is 0. The van der Waals surface area contributed by atoms with Crippen LogP contribution in [0.4, 0.5) is 0 Å². The van der Waals surface area contributed by atoms with Crippen molar-refractivity contribution in [2.24, 2.45) is 0 Å². The molecule has 1 heterocycles. The van der Waals surface area contributed by atoms with Gasteiger partial charge in [0.1, 0.15) is 0 Å². The van der Waals surface area contributed by atoms with Gasteiger partial charge in [-0.3, -0.25) is 0 Å². The molecular weight excluding hydrogens is 142 g/mol. The molecule has 0 aromatic rings. The zero-order valence-corrected chi connectivity index (χ0v) is 7.17. The first kappa shape index (κ1) is 6.99. The van der Waals surface area contributed by atoms with Gasteiger partial charge in [0.15, 0.2) is 0 Å². The SMILES string of the molecule is C1CNCCSC2(C1)CC2. The molecule has 2 aliphatic rings. The Morgan fingerprint density at radius 2 is 2.00 bits per heavy atom. The Hall–Kier alpha value is 0.310. The predicted octanol–water partition coefficient (Wildman–Crippen LogP) is 1.64. The molecule has 10 heavy (non-hydrogen) atoms. The fourth-order valence-corrected chi connectivity index (χ4v) is 2.97. The molecule has 0 aromatic carbocycles. The van der Waals surface area contributed by atoms with Crippen LogP contribution in [0.25, 0.3) is 0 Å². The van der Waals surface area contributed by atoms with Crippen LogP contribution in [0.3, 0.4) is 0 Å². The monoisotopic (exact) mass is 157 g/mol. The van der Waals surface area contributed by atoms with Crippen molar-refractivity contribution < 1.29 is 0 Å². The van der Waals surface area contributed by atoms with Crippen LogP contribution in [-0.2, 0) is 0 Å².